The van der Waals surface area contributed by atoms with Gasteiger partial charge in [-0.15, -0.1) is 0 Å². The molecule has 7 heteroatoms. The van der Waals surface area contributed by atoms with E-state index in [0.29, 0.717) is 17.0 Å². The maximum atomic E-state index is 12.5. The molecule has 0 aliphatic rings. The van der Waals surface area contributed by atoms with Crippen molar-refractivity contribution < 1.29 is 12.6 Å². The van der Waals surface area contributed by atoms with E-state index in [9.17, 15) is 8.42 Å². The lowest BCUT2D eigenvalue weighted by Gasteiger charge is -2.09. The summed E-state index contributed by atoms with van der Waals surface area (Å²) < 4.78 is 30.4. The number of rotatable bonds is 7. The fourth-order valence-corrected chi connectivity index (χ4v) is 3.70. The van der Waals surface area contributed by atoms with E-state index >= 15 is 0 Å². The molecule has 3 aromatic carbocycles. The van der Waals surface area contributed by atoms with Crippen molar-refractivity contribution in [3.8, 4) is 5.75 Å². The third-order valence-electron chi connectivity index (χ3n) is 4.03. The number of hydrazone groups is 1. The summed E-state index contributed by atoms with van der Waals surface area (Å²) in [6.07, 6.45) is 2.05. The summed E-state index contributed by atoms with van der Waals surface area (Å²) in [6, 6.07) is 23.1. The van der Waals surface area contributed by atoms with Crippen molar-refractivity contribution >= 4 is 33.5 Å². The Balaban J connectivity index is 1.69. The van der Waals surface area contributed by atoms with Crippen LogP contribution in [0.4, 0.5) is 0 Å². The second kappa shape index (κ2) is 9.45. The van der Waals surface area contributed by atoms with Gasteiger partial charge in [0.2, 0.25) is 0 Å². The molecule has 0 unspecified atom stereocenters. The molecular weight excluding hydrogens is 404 g/mol. The zero-order valence-corrected chi connectivity index (χ0v) is 17.4. The monoisotopic (exact) mass is 424 g/mol. The first-order valence-corrected chi connectivity index (χ1v) is 10.7. The first kappa shape index (κ1) is 20.7. The molecule has 1 N–H and O–H groups in total. The first-order valence-electron chi connectivity index (χ1n) is 8.90. The van der Waals surface area contributed by atoms with Crippen LogP contribution in [0.1, 0.15) is 16.7 Å². The molecule has 0 fully saturated rings. The number of nitrogens with one attached hydrogen (secondary N) is 1. The molecular formula is C22H20N2O3S2. The van der Waals surface area contributed by atoms with Gasteiger partial charge in [-0.2, -0.15) is 13.5 Å². The summed E-state index contributed by atoms with van der Waals surface area (Å²) in [5, 5.41) is 4.12. The molecule has 5 nitrogen and oxygen atoms in total. The summed E-state index contributed by atoms with van der Waals surface area (Å²) in [4.78, 5) is 0.648. The van der Waals surface area contributed by atoms with Gasteiger partial charge in [-0.25, -0.2) is 0 Å². The molecule has 0 aliphatic heterocycles. The summed E-state index contributed by atoms with van der Waals surface area (Å²) in [5.41, 5.74) is 5.36. The smallest absolute Gasteiger partial charge is 0.339 e. The van der Waals surface area contributed by atoms with Crippen molar-refractivity contribution in [3.05, 3.63) is 95.6 Å². The van der Waals surface area contributed by atoms with Gasteiger partial charge >= 0.3 is 10.1 Å². The van der Waals surface area contributed by atoms with Crippen molar-refractivity contribution in [3.63, 3.8) is 0 Å². The van der Waals surface area contributed by atoms with E-state index in [1.807, 2.05) is 37.3 Å². The lowest BCUT2D eigenvalue weighted by molar-refractivity contribution is 0.485. The summed E-state index contributed by atoms with van der Waals surface area (Å²) in [6.45, 7) is 1.89. The zero-order chi connectivity index (χ0) is 20.7. The largest absolute Gasteiger partial charge is 0.378 e. The van der Waals surface area contributed by atoms with E-state index in [1.165, 1.54) is 18.3 Å². The molecule has 0 aromatic heterocycles. The van der Waals surface area contributed by atoms with Crippen LogP contribution in [0.2, 0.25) is 0 Å². The number of hydrogen-bond donors (Lipinski definition) is 1. The second-order valence-electron chi connectivity index (χ2n) is 6.34. The Morgan fingerprint density at radius 3 is 2.38 bits per heavy atom. The van der Waals surface area contributed by atoms with E-state index < -0.39 is 10.1 Å². The average molecular weight is 425 g/mol. The zero-order valence-electron chi connectivity index (χ0n) is 15.8. The van der Waals surface area contributed by atoms with Gasteiger partial charge in [-0.05, 0) is 36.8 Å². The van der Waals surface area contributed by atoms with Crippen molar-refractivity contribution in [2.24, 2.45) is 5.10 Å². The highest BCUT2D eigenvalue weighted by Gasteiger charge is 2.17. The number of para-hydroxylation sites is 1. The van der Waals surface area contributed by atoms with Crippen molar-refractivity contribution in [1.82, 2.24) is 5.43 Å². The predicted octanol–water partition coefficient (Wildman–Crippen LogP) is 4.26. The van der Waals surface area contributed by atoms with Crippen LogP contribution in [0.3, 0.4) is 0 Å². The van der Waals surface area contributed by atoms with E-state index in [0.717, 1.165) is 11.1 Å². The molecule has 0 heterocycles. The lowest BCUT2D eigenvalue weighted by atomic mass is 10.2. The number of benzene rings is 3. The van der Waals surface area contributed by atoms with E-state index in [1.54, 1.807) is 36.4 Å². The molecule has 148 valence electrons. The van der Waals surface area contributed by atoms with Crippen LogP contribution < -0.4 is 9.61 Å². The number of thiocarbonyl (C=S) groups is 1. The summed E-state index contributed by atoms with van der Waals surface area (Å²) >= 11 is 5.29. The normalized spacial score (nSPS) is 11.3. The second-order valence-corrected chi connectivity index (χ2v) is 8.38. The molecule has 0 spiro atoms. The van der Waals surface area contributed by atoms with Crippen LogP contribution in [-0.4, -0.2) is 19.6 Å². The predicted molar refractivity (Wildman–Crippen MR) is 119 cm³/mol. The Hall–Kier alpha value is -3.03. The van der Waals surface area contributed by atoms with Gasteiger partial charge in [-0.3, -0.25) is 5.43 Å². The molecule has 3 rings (SSSR count). The Bertz CT molecular complexity index is 1110. The fraction of sp³-hybridized carbons (Fsp3) is 0.0909. The minimum atomic E-state index is -3.94. The number of nitrogens with zero attached hydrogens (tertiary/aromatic N) is 1. The molecule has 0 saturated heterocycles. The Labute approximate surface area is 176 Å². The number of aryl methyl sites for hydroxylation is 1. The molecule has 0 saturated carbocycles. The molecule has 0 amide bonds. The topological polar surface area (TPSA) is 67.8 Å². The number of hydrogen-bond acceptors (Lipinski definition) is 5. The molecule has 29 heavy (non-hydrogen) atoms. The van der Waals surface area contributed by atoms with E-state index in [4.69, 9.17) is 16.4 Å². The summed E-state index contributed by atoms with van der Waals surface area (Å²) in [7, 11) is -3.94. The molecule has 0 bridgehead atoms. The molecule has 0 radical (unpaired) electrons. The van der Waals surface area contributed by atoms with E-state index in [-0.39, 0.29) is 10.6 Å². The average Bonchev–Trinajstić information content (AvgIpc) is 2.70. The quantitative estimate of drug-likeness (QED) is 0.266. The molecule has 3 aromatic rings. The SMILES string of the molecule is Cc1ccc(S(=O)(=O)Oc2ccccc2C=NNC(=S)Cc2ccccc2)cc1. The van der Waals surface area contributed by atoms with Crippen molar-refractivity contribution in [2.45, 2.75) is 18.2 Å². The van der Waals surface area contributed by atoms with Crippen LogP contribution in [0.15, 0.2) is 88.9 Å². The first-order chi connectivity index (χ1) is 13.9. The fourth-order valence-electron chi connectivity index (χ4n) is 2.53. The van der Waals surface area contributed by atoms with Gasteiger partial charge in [0.15, 0.2) is 5.75 Å². The third kappa shape index (κ3) is 5.97. The maximum absolute atomic E-state index is 12.5. The minimum Gasteiger partial charge on any atom is -0.378 e. The van der Waals surface area contributed by atoms with Gasteiger partial charge in [0.05, 0.1) is 6.21 Å². The van der Waals surface area contributed by atoms with Crippen LogP contribution in [0.25, 0.3) is 0 Å². The Kier molecular flexibility index (Phi) is 6.74. The van der Waals surface area contributed by atoms with Crippen LogP contribution in [-0.2, 0) is 16.5 Å². The maximum Gasteiger partial charge on any atom is 0.339 e. The van der Waals surface area contributed by atoms with Gasteiger partial charge in [0.1, 0.15) is 9.88 Å². The third-order valence-corrected chi connectivity index (χ3v) is 5.51. The highest BCUT2D eigenvalue weighted by Crippen LogP contribution is 2.22. The van der Waals surface area contributed by atoms with E-state index in [2.05, 4.69) is 10.5 Å². The van der Waals surface area contributed by atoms with Crippen LogP contribution in [0, 0.1) is 6.92 Å². The van der Waals surface area contributed by atoms with Crippen LogP contribution >= 0.6 is 12.2 Å². The van der Waals surface area contributed by atoms with Crippen molar-refractivity contribution in [2.75, 3.05) is 0 Å². The van der Waals surface area contributed by atoms with Gasteiger partial charge < -0.3 is 4.18 Å². The summed E-state index contributed by atoms with van der Waals surface area (Å²) in [5.74, 6) is 0.188. The lowest BCUT2D eigenvalue weighted by Crippen LogP contribution is -2.17. The van der Waals surface area contributed by atoms with Gasteiger partial charge in [0, 0.05) is 12.0 Å². The highest BCUT2D eigenvalue weighted by atomic mass is 32.2. The van der Waals surface area contributed by atoms with Crippen LogP contribution in [0.5, 0.6) is 5.75 Å². The van der Waals surface area contributed by atoms with Gasteiger partial charge in [-0.1, -0.05) is 72.4 Å². The molecule has 0 atom stereocenters. The highest BCUT2D eigenvalue weighted by molar-refractivity contribution is 7.87. The Morgan fingerprint density at radius 2 is 1.66 bits per heavy atom. The van der Waals surface area contributed by atoms with Crippen molar-refractivity contribution in [1.29, 1.82) is 0 Å². The minimum absolute atomic E-state index is 0.0944. The standard InChI is InChI=1S/C22H20N2O3S2/c1-17-11-13-20(14-12-17)29(25,26)27-21-10-6-5-9-19(21)16-23-24-22(28)15-18-7-3-2-4-8-18/h2-14,16H,15H2,1H3,(H,24,28). The molecule has 0 aliphatic carbocycles. The Morgan fingerprint density at radius 1 is 1.00 bits per heavy atom. The van der Waals surface area contributed by atoms with Gasteiger partial charge in [0.25, 0.3) is 0 Å².